The molecule has 0 bridgehead atoms. The summed E-state index contributed by atoms with van der Waals surface area (Å²) in [7, 11) is 1.38. The van der Waals surface area contributed by atoms with Crippen LogP contribution in [0, 0.1) is 0 Å². The van der Waals surface area contributed by atoms with E-state index in [0.717, 1.165) is 5.56 Å². The summed E-state index contributed by atoms with van der Waals surface area (Å²) in [6, 6.07) is 9.38. The fourth-order valence-electron chi connectivity index (χ4n) is 3.65. The number of carbonyl (C=O) groups excluding carboxylic acids is 3. The first-order valence-corrected chi connectivity index (χ1v) is 9.92. The minimum absolute atomic E-state index is 0.0494. The molecular formula is C22H26O9. The van der Waals surface area contributed by atoms with Gasteiger partial charge in [0.25, 0.3) is 0 Å². The molecule has 2 aliphatic heterocycles. The summed E-state index contributed by atoms with van der Waals surface area (Å²) in [6.07, 6.45) is -2.92. The minimum Gasteiger partial charge on any atom is -0.495 e. The second-order valence-corrected chi connectivity index (χ2v) is 7.26. The van der Waals surface area contributed by atoms with Crippen molar-refractivity contribution in [3.05, 3.63) is 48.2 Å². The molecule has 1 aromatic rings. The van der Waals surface area contributed by atoms with Crippen LogP contribution in [0.5, 0.6) is 0 Å². The van der Waals surface area contributed by atoms with Gasteiger partial charge in [0.15, 0.2) is 24.3 Å². The summed E-state index contributed by atoms with van der Waals surface area (Å²) in [5, 5.41) is 0. The second-order valence-electron chi connectivity index (χ2n) is 7.26. The molecule has 9 nitrogen and oxygen atoms in total. The van der Waals surface area contributed by atoms with Gasteiger partial charge in [0.05, 0.1) is 19.3 Å². The van der Waals surface area contributed by atoms with Gasteiger partial charge >= 0.3 is 11.9 Å². The number of methoxy groups -OCH3 is 1. The van der Waals surface area contributed by atoms with Crippen LogP contribution in [0.3, 0.4) is 0 Å². The number of carbonyl (C=O) groups is 3. The van der Waals surface area contributed by atoms with Gasteiger partial charge < -0.3 is 28.4 Å². The zero-order valence-electron chi connectivity index (χ0n) is 17.6. The SMILES string of the molecule is CO[C@H]1O[C@H](C2CC(=O)C=CO2)[C@H](OCc2ccccc2)[C@H](OC(C)=O)[C@H]1OC(C)=O. The Morgan fingerprint density at radius 3 is 2.32 bits per heavy atom. The van der Waals surface area contributed by atoms with Crippen LogP contribution in [0.15, 0.2) is 42.7 Å². The van der Waals surface area contributed by atoms with Crippen molar-refractivity contribution in [1.29, 1.82) is 0 Å². The number of rotatable bonds is 7. The Balaban J connectivity index is 1.93. The summed E-state index contributed by atoms with van der Waals surface area (Å²) in [5.74, 6) is -1.33. The quantitative estimate of drug-likeness (QED) is 0.593. The largest absolute Gasteiger partial charge is 0.495 e. The lowest BCUT2D eigenvalue weighted by molar-refractivity contribution is -0.316. The Morgan fingerprint density at radius 2 is 1.71 bits per heavy atom. The molecule has 0 radical (unpaired) electrons. The molecule has 31 heavy (non-hydrogen) atoms. The maximum absolute atomic E-state index is 12.0. The molecule has 6 atom stereocenters. The maximum Gasteiger partial charge on any atom is 0.303 e. The van der Waals surface area contributed by atoms with Crippen LogP contribution < -0.4 is 0 Å². The van der Waals surface area contributed by atoms with E-state index < -0.39 is 48.7 Å². The topological polar surface area (TPSA) is 107 Å². The highest BCUT2D eigenvalue weighted by molar-refractivity contribution is 5.90. The van der Waals surface area contributed by atoms with Crippen LogP contribution >= 0.6 is 0 Å². The van der Waals surface area contributed by atoms with Crippen molar-refractivity contribution in [1.82, 2.24) is 0 Å². The normalized spacial score (nSPS) is 30.4. The van der Waals surface area contributed by atoms with Crippen molar-refractivity contribution in [2.75, 3.05) is 7.11 Å². The van der Waals surface area contributed by atoms with E-state index >= 15 is 0 Å². The van der Waals surface area contributed by atoms with E-state index in [1.54, 1.807) is 0 Å². The molecule has 168 valence electrons. The lowest BCUT2D eigenvalue weighted by Gasteiger charge is -2.46. The van der Waals surface area contributed by atoms with Crippen molar-refractivity contribution in [2.24, 2.45) is 0 Å². The van der Waals surface area contributed by atoms with Crippen LogP contribution in [-0.4, -0.2) is 61.6 Å². The number of esters is 2. The monoisotopic (exact) mass is 434 g/mol. The highest BCUT2D eigenvalue weighted by Gasteiger charge is 2.54. The third kappa shape index (κ3) is 5.90. The maximum atomic E-state index is 12.0. The van der Waals surface area contributed by atoms with Gasteiger partial charge in [0, 0.05) is 27.0 Å². The molecule has 2 heterocycles. The molecule has 0 amide bonds. The van der Waals surface area contributed by atoms with Gasteiger partial charge in [-0.2, -0.15) is 0 Å². The van der Waals surface area contributed by atoms with Crippen molar-refractivity contribution >= 4 is 17.7 Å². The first-order chi connectivity index (χ1) is 14.9. The van der Waals surface area contributed by atoms with Gasteiger partial charge in [-0.1, -0.05) is 30.3 Å². The molecule has 3 rings (SSSR count). The van der Waals surface area contributed by atoms with E-state index in [9.17, 15) is 14.4 Å². The van der Waals surface area contributed by atoms with Crippen LogP contribution in [0.2, 0.25) is 0 Å². The van der Waals surface area contributed by atoms with E-state index in [4.69, 9.17) is 28.4 Å². The van der Waals surface area contributed by atoms with E-state index in [1.165, 1.54) is 33.3 Å². The molecule has 0 aliphatic carbocycles. The van der Waals surface area contributed by atoms with E-state index in [2.05, 4.69) is 0 Å². The van der Waals surface area contributed by atoms with E-state index in [1.807, 2.05) is 30.3 Å². The number of allylic oxidation sites excluding steroid dienone is 1. The van der Waals surface area contributed by atoms with Gasteiger partial charge in [0.2, 0.25) is 0 Å². The van der Waals surface area contributed by atoms with Crippen LogP contribution in [0.4, 0.5) is 0 Å². The zero-order chi connectivity index (χ0) is 22.4. The Bertz CT molecular complexity index is 806. The summed E-state index contributed by atoms with van der Waals surface area (Å²) >= 11 is 0. The molecule has 2 aliphatic rings. The molecule has 0 saturated carbocycles. The fraction of sp³-hybridized carbons (Fsp3) is 0.500. The highest BCUT2D eigenvalue weighted by atomic mass is 16.7. The summed E-state index contributed by atoms with van der Waals surface area (Å²) in [6.45, 7) is 2.65. The van der Waals surface area contributed by atoms with Crippen molar-refractivity contribution in [3.8, 4) is 0 Å². The molecule has 1 unspecified atom stereocenters. The third-order valence-electron chi connectivity index (χ3n) is 4.93. The van der Waals surface area contributed by atoms with Gasteiger partial charge in [-0.3, -0.25) is 14.4 Å². The predicted octanol–water partition coefficient (Wildman–Crippen LogP) is 1.68. The Hall–Kier alpha value is -2.75. The molecule has 0 aromatic heterocycles. The molecule has 9 heteroatoms. The number of ketones is 1. The number of hydrogen-bond donors (Lipinski definition) is 0. The summed E-state index contributed by atoms with van der Waals surface area (Å²) < 4.78 is 34.0. The predicted molar refractivity (Wildman–Crippen MR) is 105 cm³/mol. The average Bonchev–Trinajstić information content (AvgIpc) is 2.73. The number of ether oxygens (including phenoxy) is 6. The summed E-state index contributed by atoms with van der Waals surface area (Å²) in [5.41, 5.74) is 0.876. The standard InChI is InChI=1S/C22H26O9/c1-13(23)29-20-19(28-12-15-7-5-4-6-8-15)18(17-11-16(25)9-10-27-17)31-22(26-3)21(20)30-14(2)24/h4-10,17-22H,11-12H2,1-3H3/t17?,18-,19+,20+,21-,22+/m1/s1. The van der Waals surface area contributed by atoms with E-state index in [-0.39, 0.29) is 18.8 Å². The summed E-state index contributed by atoms with van der Waals surface area (Å²) in [4.78, 5) is 35.6. The first kappa shape index (κ1) is 22.9. The number of benzene rings is 1. The van der Waals surface area contributed by atoms with Crippen LogP contribution in [0.25, 0.3) is 0 Å². The van der Waals surface area contributed by atoms with Gasteiger partial charge in [-0.15, -0.1) is 0 Å². The van der Waals surface area contributed by atoms with Gasteiger partial charge in [-0.25, -0.2) is 0 Å². The lowest BCUT2D eigenvalue weighted by Crippen LogP contribution is -2.64. The molecule has 0 N–H and O–H groups in total. The minimum atomic E-state index is -1.07. The Labute approximate surface area is 180 Å². The van der Waals surface area contributed by atoms with Crippen molar-refractivity contribution in [3.63, 3.8) is 0 Å². The van der Waals surface area contributed by atoms with E-state index in [0.29, 0.717) is 0 Å². The van der Waals surface area contributed by atoms with Crippen LogP contribution in [-0.2, 0) is 49.4 Å². The molecule has 0 spiro atoms. The molecule has 1 aromatic carbocycles. The molecule has 1 fully saturated rings. The molecule has 1 saturated heterocycles. The average molecular weight is 434 g/mol. The van der Waals surface area contributed by atoms with Crippen molar-refractivity contribution in [2.45, 2.75) is 63.7 Å². The van der Waals surface area contributed by atoms with Gasteiger partial charge in [0.1, 0.15) is 18.3 Å². The fourth-order valence-corrected chi connectivity index (χ4v) is 3.65. The second kappa shape index (κ2) is 10.5. The molecular weight excluding hydrogens is 408 g/mol. The smallest absolute Gasteiger partial charge is 0.303 e. The zero-order valence-corrected chi connectivity index (χ0v) is 17.6. The lowest BCUT2D eigenvalue weighted by atomic mass is 9.91. The Morgan fingerprint density at radius 1 is 1.03 bits per heavy atom. The van der Waals surface area contributed by atoms with Gasteiger partial charge in [-0.05, 0) is 5.56 Å². The number of hydrogen-bond acceptors (Lipinski definition) is 9. The van der Waals surface area contributed by atoms with Crippen LogP contribution in [0.1, 0.15) is 25.8 Å². The third-order valence-corrected chi connectivity index (χ3v) is 4.93. The first-order valence-electron chi connectivity index (χ1n) is 9.92. The van der Waals surface area contributed by atoms with Crippen molar-refractivity contribution < 1.29 is 42.8 Å². The Kier molecular flexibility index (Phi) is 7.78. The highest BCUT2D eigenvalue weighted by Crippen LogP contribution is 2.33.